The fourth-order valence-electron chi connectivity index (χ4n) is 1.84. The van der Waals surface area contributed by atoms with E-state index in [1.807, 2.05) is 0 Å². The second-order valence-corrected chi connectivity index (χ2v) is 4.75. The van der Waals surface area contributed by atoms with Gasteiger partial charge in [0.25, 0.3) is 0 Å². The Morgan fingerprint density at radius 3 is 2.80 bits per heavy atom. The van der Waals surface area contributed by atoms with Gasteiger partial charge in [0, 0.05) is 6.04 Å². The summed E-state index contributed by atoms with van der Waals surface area (Å²) in [7, 11) is 0. The minimum absolute atomic E-state index is 0.105. The molecule has 0 aromatic carbocycles. The van der Waals surface area contributed by atoms with E-state index in [0.29, 0.717) is 11.2 Å². The molecular weight excluding hydrogens is 214 g/mol. The van der Waals surface area contributed by atoms with Crippen molar-refractivity contribution in [2.45, 2.75) is 38.1 Å². The zero-order chi connectivity index (χ0) is 10.7. The number of nitrogens with one attached hydrogen (secondary N) is 1. The van der Waals surface area contributed by atoms with Crippen molar-refractivity contribution in [2.75, 3.05) is 5.32 Å². The van der Waals surface area contributed by atoms with E-state index in [2.05, 4.69) is 10.3 Å². The van der Waals surface area contributed by atoms with E-state index in [4.69, 9.17) is 0 Å². The number of nitrogens with zero attached hydrogens (tertiary/aromatic N) is 2. The highest BCUT2D eigenvalue weighted by Crippen LogP contribution is 2.28. The van der Waals surface area contributed by atoms with E-state index in [1.165, 1.54) is 25.5 Å². The minimum Gasteiger partial charge on any atom is -0.359 e. The monoisotopic (exact) mass is 227 g/mol. The fraction of sp³-hybridized carbons (Fsp3) is 0.667. The number of rotatable bonds is 3. The molecule has 0 radical (unpaired) electrons. The molecule has 6 heteroatoms. The lowest BCUT2D eigenvalue weighted by molar-refractivity contribution is -0.380. The molecule has 1 aromatic heterocycles. The Kier molecular flexibility index (Phi) is 3.15. The van der Waals surface area contributed by atoms with Crippen molar-refractivity contribution in [1.29, 1.82) is 0 Å². The predicted octanol–water partition coefficient (Wildman–Crippen LogP) is 2.80. The van der Waals surface area contributed by atoms with Crippen molar-refractivity contribution in [3.05, 3.63) is 16.3 Å². The average Bonchev–Trinajstić information content (AvgIpc) is 2.68. The molecule has 2 rings (SSSR count). The molecule has 0 unspecified atom stereocenters. The zero-order valence-electron chi connectivity index (χ0n) is 8.31. The van der Waals surface area contributed by atoms with Gasteiger partial charge >= 0.3 is 5.00 Å². The minimum atomic E-state index is -0.399. The molecule has 1 saturated carbocycles. The first-order valence-corrected chi connectivity index (χ1v) is 5.94. The maximum Gasteiger partial charge on any atom is 0.345 e. The van der Waals surface area contributed by atoms with Gasteiger partial charge < -0.3 is 5.32 Å². The van der Waals surface area contributed by atoms with Gasteiger partial charge in [-0.2, -0.15) is 0 Å². The first kappa shape index (κ1) is 10.4. The van der Waals surface area contributed by atoms with E-state index >= 15 is 0 Å². The van der Waals surface area contributed by atoms with Crippen LogP contribution in [-0.2, 0) is 0 Å². The van der Waals surface area contributed by atoms with Crippen molar-refractivity contribution in [3.63, 3.8) is 0 Å². The molecule has 0 atom stereocenters. The normalized spacial score (nSPS) is 17.6. The van der Waals surface area contributed by atoms with Crippen LogP contribution in [0.25, 0.3) is 0 Å². The highest BCUT2D eigenvalue weighted by atomic mass is 32.1. The number of aromatic nitrogens is 1. The van der Waals surface area contributed by atoms with Crippen LogP contribution >= 0.6 is 11.3 Å². The van der Waals surface area contributed by atoms with Crippen LogP contribution in [0.4, 0.5) is 10.1 Å². The number of hydrogen-bond donors (Lipinski definition) is 1. The smallest absolute Gasteiger partial charge is 0.345 e. The van der Waals surface area contributed by atoms with Crippen LogP contribution in [0.2, 0.25) is 0 Å². The summed E-state index contributed by atoms with van der Waals surface area (Å²) in [6.45, 7) is 0. The van der Waals surface area contributed by atoms with Gasteiger partial charge in [-0.3, -0.25) is 10.1 Å². The summed E-state index contributed by atoms with van der Waals surface area (Å²) in [6, 6.07) is 0.449. The van der Waals surface area contributed by atoms with Crippen molar-refractivity contribution < 1.29 is 4.92 Å². The van der Waals surface area contributed by atoms with Crippen molar-refractivity contribution in [2.24, 2.45) is 0 Å². The summed E-state index contributed by atoms with van der Waals surface area (Å²) >= 11 is 1.11. The van der Waals surface area contributed by atoms with E-state index in [-0.39, 0.29) is 5.00 Å². The fourth-order valence-corrected chi connectivity index (χ4v) is 2.55. The first-order chi connectivity index (χ1) is 7.25. The lowest BCUT2D eigenvalue weighted by Gasteiger charge is -2.21. The summed E-state index contributed by atoms with van der Waals surface area (Å²) < 4.78 is 0. The quantitative estimate of drug-likeness (QED) is 0.636. The third-order valence-corrected chi connectivity index (χ3v) is 3.49. The van der Waals surface area contributed by atoms with Crippen molar-refractivity contribution >= 4 is 21.5 Å². The van der Waals surface area contributed by atoms with Gasteiger partial charge in [0.2, 0.25) is 0 Å². The van der Waals surface area contributed by atoms with Crippen molar-refractivity contribution in [3.8, 4) is 0 Å². The molecule has 1 N–H and O–H groups in total. The molecule has 1 heterocycles. The molecule has 82 valence electrons. The highest BCUT2D eigenvalue weighted by molar-refractivity contribution is 7.18. The molecule has 0 saturated heterocycles. The number of thiazole rings is 1. The van der Waals surface area contributed by atoms with Gasteiger partial charge in [-0.05, 0) is 24.2 Å². The first-order valence-electron chi connectivity index (χ1n) is 5.12. The lowest BCUT2D eigenvalue weighted by Crippen LogP contribution is -2.21. The number of hydrogen-bond acceptors (Lipinski definition) is 5. The largest absolute Gasteiger partial charge is 0.359 e. The molecule has 0 spiro atoms. The Morgan fingerprint density at radius 2 is 2.20 bits per heavy atom. The van der Waals surface area contributed by atoms with Crippen LogP contribution in [0.3, 0.4) is 0 Å². The van der Waals surface area contributed by atoms with E-state index < -0.39 is 4.92 Å². The zero-order valence-corrected chi connectivity index (χ0v) is 9.13. The Balaban J connectivity index is 1.94. The summed E-state index contributed by atoms with van der Waals surface area (Å²) in [4.78, 5) is 14.1. The van der Waals surface area contributed by atoms with Crippen LogP contribution in [0.15, 0.2) is 6.20 Å². The van der Waals surface area contributed by atoms with E-state index in [1.54, 1.807) is 0 Å². The van der Waals surface area contributed by atoms with Crippen LogP contribution in [-0.4, -0.2) is 15.9 Å². The van der Waals surface area contributed by atoms with Gasteiger partial charge in [-0.1, -0.05) is 19.3 Å². The summed E-state index contributed by atoms with van der Waals surface area (Å²) in [6.07, 6.45) is 7.39. The van der Waals surface area contributed by atoms with Gasteiger partial charge in [-0.15, -0.1) is 0 Å². The number of nitro groups is 1. The molecule has 1 aromatic rings. The molecule has 1 fully saturated rings. The van der Waals surface area contributed by atoms with Gasteiger partial charge in [-0.25, -0.2) is 4.98 Å². The Morgan fingerprint density at radius 1 is 1.47 bits per heavy atom. The van der Waals surface area contributed by atoms with Crippen LogP contribution in [0.1, 0.15) is 32.1 Å². The van der Waals surface area contributed by atoms with Gasteiger partial charge in [0.15, 0.2) is 5.13 Å². The summed E-state index contributed by atoms with van der Waals surface area (Å²) in [5.41, 5.74) is 0. The second-order valence-electron chi connectivity index (χ2n) is 3.74. The molecule has 0 bridgehead atoms. The Bertz CT molecular complexity index is 347. The van der Waals surface area contributed by atoms with Gasteiger partial charge in [0.05, 0.1) is 4.92 Å². The highest BCUT2D eigenvalue weighted by Gasteiger charge is 2.16. The van der Waals surface area contributed by atoms with E-state index in [0.717, 1.165) is 24.2 Å². The molecule has 15 heavy (non-hydrogen) atoms. The Labute approximate surface area is 91.7 Å². The molecule has 0 amide bonds. The van der Waals surface area contributed by atoms with E-state index in [9.17, 15) is 10.1 Å². The average molecular weight is 227 g/mol. The molecule has 1 aliphatic rings. The maximum atomic E-state index is 10.5. The molecule has 1 aliphatic carbocycles. The summed E-state index contributed by atoms with van der Waals surface area (Å²) in [5.74, 6) is 0. The second kappa shape index (κ2) is 4.57. The lowest BCUT2D eigenvalue weighted by atomic mass is 9.96. The standard InChI is InChI=1S/C9H13N3O2S/c13-12(14)8-6-10-9(15-8)11-7-4-2-1-3-5-7/h6-7H,1-5H2,(H,10,11). The van der Waals surface area contributed by atoms with Crippen LogP contribution in [0.5, 0.6) is 0 Å². The SMILES string of the molecule is O=[N+]([O-])c1cnc(NC2CCCCC2)s1. The number of anilines is 1. The van der Waals surface area contributed by atoms with Crippen LogP contribution in [0, 0.1) is 10.1 Å². The predicted molar refractivity (Wildman–Crippen MR) is 59.3 cm³/mol. The third kappa shape index (κ3) is 2.65. The molecule has 0 aliphatic heterocycles. The topological polar surface area (TPSA) is 68.1 Å². The Hall–Kier alpha value is -1.17. The maximum absolute atomic E-state index is 10.5. The van der Waals surface area contributed by atoms with Crippen LogP contribution < -0.4 is 5.32 Å². The third-order valence-electron chi connectivity index (χ3n) is 2.61. The molecule has 5 nitrogen and oxygen atoms in total. The molecular formula is C9H13N3O2S. The van der Waals surface area contributed by atoms with Crippen molar-refractivity contribution in [1.82, 2.24) is 4.98 Å². The summed E-state index contributed by atoms with van der Waals surface area (Å²) in [5, 5.41) is 14.5. The van der Waals surface area contributed by atoms with Gasteiger partial charge in [0.1, 0.15) is 6.20 Å².